The maximum atomic E-state index is 12.2. The normalized spacial score (nSPS) is 20.7. The lowest BCUT2D eigenvalue weighted by molar-refractivity contribution is 0.0925. The molecule has 0 bridgehead atoms. The van der Waals surface area contributed by atoms with Crippen LogP contribution in [-0.4, -0.2) is 48.1 Å². The molecule has 0 saturated carbocycles. The molecule has 2 saturated heterocycles. The first-order chi connectivity index (χ1) is 9.83. The second-order valence-electron chi connectivity index (χ2n) is 5.45. The third kappa shape index (κ3) is 4.69. The van der Waals surface area contributed by atoms with Gasteiger partial charge in [0.05, 0.1) is 0 Å². The van der Waals surface area contributed by atoms with E-state index in [4.69, 9.17) is 0 Å². The molecule has 0 aromatic carbocycles. The molecule has 22 heavy (non-hydrogen) atoms. The summed E-state index contributed by atoms with van der Waals surface area (Å²) >= 11 is 0. The van der Waals surface area contributed by atoms with Crippen molar-refractivity contribution in [2.75, 3.05) is 31.1 Å². The van der Waals surface area contributed by atoms with Crippen molar-refractivity contribution in [3.05, 3.63) is 18.0 Å². The van der Waals surface area contributed by atoms with Gasteiger partial charge in [-0.1, -0.05) is 0 Å². The van der Waals surface area contributed by atoms with Crippen molar-refractivity contribution in [2.24, 2.45) is 0 Å². The number of halogens is 2. The summed E-state index contributed by atoms with van der Waals surface area (Å²) in [6, 6.07) is 1.90. The number of amides is 1. The molecule has 0 radical (unpaired) electrons. The molecular weight excluding hydrogens is 325 g/mol. The fraction of sp³-hybridized carbons (Fsp3) is 0.643. The van der Waals surface area contributed by atoms with Crippen LogP contribution < -0.4 is 15.5 Å². The molecule has 3 heterocycles. The van der Waals surface area contributed by atoms with Crippen LogP contribution >= 0.6 is 24.8 Å². The van der Waals surface area contributed by atoms with Crippen molar-refractivity contribution in [3.63, 3.8) is 0 Å². The molecule has 2 aliphatic heterocycles. The van der Waals surface area contributed by atoms with Crippen molar-refractivity contribution in [1.29, 1.82) is 0 Å². The summed E-state index contributed by atoms with van der Waals surface area (Å²) in [6.45, 7) is 3.85. The molecule has 1 aromatic heterocycles. The van der Waals surface area contributed by atoms with Crippen LogP contribution in [0.3, 0.4) is 0 Å². The average Bonchev–Trinajstić information content (AvgIpc) is 3.03. The zero-order valence-corrected chi connectivity index (χ0v) is 14.1. The van der Waals surface area contributed by atoms with Gasteiger partial charge in [0, 0.05) is 31.9 Å². The Balaban J connectivity index is 0.00000121. The summed E-state index contributed by atoms with van der Waals surface area (Å²) < 4.78 is 0. The Morgan fingerprint density at radius 3 is 2.73 bits per heavy atom. The quantitative estimate of drug-likeness (QED) is 0.864. The van der Waals surface area contributed by atoms with Gasteiger partial charge in [0.25, 0.3) is 5.91 Å². The van der Waals surface area contributed by atoms with E-state index in [1.165, 1.54) is 12.8 Å². The largest absolute Gasteiger partial charge is 0.347 e. The molecule has 1 atom stereocenters. The van der Waals surface area contributed by atoms with Gasteiger partial charge in [-0.05, 0) is 38.3 Å². The monoisotopic (exact) mass is 347 g/mol. The van der Waals surface area contributed by atoms with E-state index >= 15 is 0 Å². The van der Waals surface area contributed by atoms with Crippen LogP contribution in [0.4, 0.5) is 5.95 Å². The lowest BCUT2D eigenvalue weighted by Gasteiger charge is -2.23. The SMILES string of the molecule is Cl.Cl.O=C(N[C@H]1CCCNC1)c1ccnc(N2CCCC2)n1. The number of anilines is 1. The summed E-state index contributed by atoms with van der Waals surface area (Å²) in [5.74, 6) is 0.582. The molecule has 2 aliphatic rings. The second-order valence-corrected chi connectivity index (χ2v) is 5.45. The number of aromatic nitrogens is 2. The molecule has 0 unspecified atom stereocenters. The predicted octanol–water partition coefficient (Wildman–Crippen LogP) is 1.40. The first-order valence-corrected chi connectivity index (χ1v) is 7.42. The van der Waals surface area contributed by atoms with Crippen molar-refractivity contribution in [2.45, 2.75) is 31.7 Å². The average molecular weight is 348 g/mol. The maximum absolute atomic E-state index is 12.2. The number of nitrogens with one attached hydrogen (secondary N) is 2. The van der Waals surface area contributed by atoms with Crippen molar-refractivity contribution >= 4 is 36.7 Å². The molecular formula is C14H23Cl2N5O. The molecule has 0 aliphatic carbocycles. The van der Waals surface area contributed by atoms with Crippen LogP contribution in [0.2, 0.25) is 0 Å². The molecule has 124 valence electrons. The predicted molar refractivity (Wildman–Crippen MR) is 91.3 cm³/mol. The van der Waals surface area contributed by atoms with Crippen LogP contribution in [0.25, 0.3) is 0 Å². The van der Waals surface area contributed by atoms with Gasteiger partial charge in [-0.2, -0.15) is 0 Å². The van der Waals surface area contributed by atoms with E-state index in [9.17, 15) is 4.79 Å². The topological polar surface area (TPSA) is 70.2 Å². The summed E-state index contributed by atoms with van der Waals surface area (Å²) in [4.78, 5) is 23.0. The van der Waals surface area contributed by atoms with Gasteiger partial charge in [0.2, 0.25) is 5.95 Å². The number of hydrogen-bond donors (Lipinski definition) is 2. The smallest absolute Gasteiger partial charge is 0.270 e. The minimum Gasteiger partial charge on any atom is -0.347 e. The minimum absolute atomic E-state index is 0. The molecule has 1 amide bonds. The Morgan fingerprint density at radius 1 is 1.27 bits per heavy atom. The Labute approximate surface area is 143 Å². The summed E-state index contributed by atoms with van der Waals surface area (Å²) in [7, 11) is 0. The molecule has 3 rings (SSSR count). The first-order valence-electron chi connectivity index (χ1n) is 7.42. The second kappa shape index (κ2) is 9.12. The van der Waals surface area contributed by atoms with Crippen LogP contribution in [0, 0.1) is 0 Å². The summed E-state index contributed by atoms with van der Waals surface area (Å²) in [5.41, 5.74) is 0.465. The van der Waals surface area contributed by atoms with E-state index in [2.05, 4.69) is 25.5 Å². The molecule has 1 aromatic rings. The fourth-order valence-electron chi connectivity index (χ4n) is 2.78. The molecule has 0 spiro atoms. The Kier molecular flexibility index (Phi) is 7.85. The highest BCUT2D eigenvalue weighted by Crippen LogP contribution is 2.15. The van der Waals surface area contributed by atoms with E-state index in [0.717, 1.165) is 39.0 Å². The van der Waals surface area contributed by atoms with Crippen LogP contribution in [-0.2, 0) is 0 Å². The van der Waals surface area contributed by atoms with Gasteiger partial charge >= 0.3 is 0 Å². The van der Waals surface area contributed by atoms with Crippen molar-refractivity contribution in [3.8, 4) is 0 Å². The van der Waals surface area contributed by atoms with Gasteiger partial charge in [0.15, 0.2) is 0 Å². The van der Waals surface area contributed by atoms with E-state index in [1.807, 2.05) is 0 Å². The number of rotatable bonds is 3. The van der Waals surface area contributed by atoms with Crippen molar-refractivity contribution < 1.29 is 4.79 Å². The molecule has 2 N–H and O–H groups in total. The standard InChI is InChI=1S/C14H21N5O.2ClH/c20-13(17-11-4-3-6-15-10-11)12-5-7-16-14(18-12)19-8-1-2-9-19;;/h5,7,11,15H,1-4,6,8-10H2,(H,17,20);2*1H/t11-;;/m0../s1. The fourth-order valence-corrected chi connectivity index (χ4v) is 2.78. The zero-order chi connectivity index (χ0) is 13.8. The summed E-state index contributed by atoms with van der Waals surface area (Å²) in [5, 5.41) is 6.33. The highest BCUT2D eigenvalue weighted by molar-refractivity contribution is 5.92. The molecule has 6 nitrogen and oxygen atoms in total. The minimum atomic E-state index is -0.0958. The third-order valence-corrected chi connectivity index (χ3v) is 3.90. The van der Waals surface area contributed by atoms with E-state index in [1.54, 1.807) is 12.3 Å². The molecule has 8 heteroatoms. The lowest BCUT2D eigenvalue weighted by Crippen LogP contribution is -2.45. The number of carbonyl (C=O) groups is 1. The van der Waals surface area contributed by atoms with E-state index < -0.39 is 0 Å². The number of nitrogens with zero attached hydrogens (tertiary/aromatic N) is 3. The van der Waals surface area contributed by atoms with E-state index in [0.29, 0.717) is 11.6 Å². The Bertz CT molecular complexity index is 476. The Hall–Kier alpha value is -1.11. The highest BCUT2D eigenvalue weighted by Gasteiger charge is 2.19. The number of piperidine rings is 1. The van der Waals surface area contributed by atoms with Gasteiger partial charge in [0.1, 0.15) is 5.69 Å². The van der Waals surface area contributed by atoms with Gasteiger partial charge in [-0.25, -0.2) is 9.97 Å². The third-order valence-electron chi connectivity index (χ3n) is 3.90. The lowest BCUT2D eigenvalue weighted by atomic mass is 10.1. The van der Waals surface area contributed by atoms with Gasteiger partial charge in [-0.3, -0.25) is 4.79 Å². The number of hydrogen-bond acceptors (Lipinski definition) is 5. The van der Waals surface area contributed by atoms with E-state index in [-0.39, 0.29) is 36.8 Å². The van der Waals surface area contributed by atoms with Crippen LogP contribution in [0.1, 0.15) is 36.2 Å². The van der Waals surface area contributed by atoms with Gasteiger partial charge < -0.3 is 15.5 Å². The highest BCUT2D eigenvalue weighted by atomic mass is 35.5. The zero-order valence-electron chi connectivity index (χ0n) is 12.5. The van der Waals surface area contributed by atoms with Gasteiger partial charge in [-0.15, -0.1) is 24.8 Å². The summed E-state index contributed by atoms with van der Waals surface area (Å²) in [6.07, 6.45) is 6.16. The first kappa shape index (κ1) is 18.9. The van der Waals surface area contributed by atoms with Crippen LogP contribution in [0.15, 0.2) is 12.3 Å². The number of carbonyl (C=O) groups excluding carboxylic acids is 1. The maximum Gasteiger partial charge on any atom is 0.270 e. The molecule has 2 fully saturated rings. The Morgan fingerprint density at radius 2 is 2.05 bits per heavy atom. The van der Waals surface area contributed by atoms with Crippen LogP contribution in [0.5, 0.6) is 0 Å². The van der Waals surface area contributed by atoms with Crippen molar-refractivity contribution in [1.82, 2.24) is 20.6 Å².